The number of hydrazone groups is 1. The molecule has 3 aromatic carbocycles. The van der Waals surface area contributed by atoms with Gasteiger partial charge in [-0.1, -0.05) is 42.5 Å². The maximum atomic E-state index is 9.32. The first-order valence-corrected chi connectivity index (χ1v) is 8.99. The fraction of sp³-hybridized carbons (Fsp3) is 0.0909. The number of azo groups is 1. The average molecular weight is 383 g/mol. The molecule has 0 radical (unpaired) electrons. The van der Waals surface area contributed by atoms with Crippen LogP contribution in [0.25, 0.3) is 0 Å². The van der Waals surface area contributed by atoms with Crippen molar-refractivity contribution in [1.82, 2.24) is 0 Å². The van der Waals surface area contributed by atoms with E-state index in [0.717, 1.165) is 11.1 Å². The van der Waals surface area contributed by atoms with Crippen LogP contribution < -0.4 is 14.9 Å². The molecule has 0 atom stereocenters. The topological polar surface area (TPSA) is 91.4 Å². The predicted octanol–water partition coefficient (Wildman–Crippen LogP) is 5.19. The maximum Gasteiger partial charge on any atom is 0.270 e. The minimum atomic E-state index is -0.119. The molecule has 29 heavy (non-hydrogen) atoms. The third kappa shape index (κ3) is 4.57. The van der Waals surface area contributed by atoms with Gasteiger partial charge >= 0.3 is 0 Å². The van der Waals surface area contributed by atoms with Gasteiger partial charge in [-0.2, -0.15) is 5.26 Å². The largest absolute Gasteiger partial charge is 0.487 e. The van der Waals surface area contributed by atoms with E-state index in [1.807, 2.05) is 72.8 Å². The molecule has 0 spiro atoms. The van der Waals surface area contributed by atoms with Crippen LogP contribution in [0.4, 0.5) is 11.4 Å². The quantitative estimate of drug-likeness (QED) is 0.578. The Morgan fingerprint density at radius 3 is 2.28 bits per heavy atom. The highest BCUT2D eigenvalue weighted by atomic mass is 16.5. The van der Waals surface area contributed by atoms with E-state index in [1.54, 1.807) is 6.07 Å². The molecule has 0 amide bonds. The van der Waals surface area contributed by atoms with Crippen LogP contribution in [0.3, 0.4) is 0 Å². The first-order valence-electron chi connectivity index (χ1n) is 8.99. The molecular weight excluding hydrogens is 366 g/mol. The molecule has 4 rings (SSSR count). The molecule has 0 aliphatic carbocycles. The lowest BCUT2D eigenvalue weighted by molar-refractivity contribution is 0.301. The van der Waals surface area contributed by atoms with Crippen LogP contribution in [0.1, 0.15) is 11.1 Å². The Kier molecular flexibility index (Phi) is 5.44. The van der Waals surface area contributed by atoms with Crippen molar-refractivity contribution in [3.8, 4) is 17.6 Å². The van der Waals surface area contributed by atoms with Gasteiger partial charge in [-0.25, -0.2) is 0 Å². The summed E-state index contributed by atoms with van der Waals surface area (Å²) in [5, 5.41) is 21.4. The maximum absolute atomic E-state index is 9.32. The number of nitrogens with one attached hydrogen (secondary N) is 1. The highest BCUT2D eigenvalue weighted by Gasteiger charge is 2.07. The van der Waals surface area contributed by atoms with Crippen molar-refractivity contribution in [3.05, 3.63) is 83.9 Å². The third-order valence-electron chi connectivity index (χ3n) is 4.17. The van der Waals surface area contributed by atoms with Crippen molar-refractivity contribution in [1.29, 1.82) is 5.26 Å². The van der Waals surface area contributed by atoms with Crippen molar-refractivity contribution in [2.75, 3.05) is 5.43 Å². The lowest BCUT2D eigenvalue weighted by atomic mass is 10.1. The van der Waals surface area contributed by atoms with Gasteiger partial charge in [0.25, 0.3) is 5.84 Å². The Labute approximate surface area is 167 Å². The van der Waals surface area contributed by atoms with Crippen molar-refractivity contribution < 1.29 is 9.47 Å². The van der Waals surface area contributed by atoms with E-state index in [9.17, 15) is 5.26 Å². The number of rotatable bonds is 0. The SMILES string of the molecule is N#C/C1=N/Nc2ccccc2OCc2cccc(c2)COc2ccccc2N=N1. The Balaban J connectivity index is 1.74. The second-order valence-corrected chi connectivity index (χ2v) is 6.22. The summed E-state index contributed by atoms with van der Waals surface area (Å²) in [6.07, 6.45) is 0. The number of fused-ring (bicyclic) bond motifs is 4. The van der Waals surface area contributed by atoms with E-state index in [2.05, 4.69) is 20.8 Å². The van der Waals surface area contributed by atoms with Crippen molar-refractivity contribution in [2.45, 2.75) is 13.2 Å². The zero-order chi connectivity index (χ0) is 19.9. The number of nitrogens with zero attached hydrogens (tertiary/aromatic N) is 4. The molecule has 0 fully saturated rings. The molecule has 1 N–H and O–H groups in total. The molecule has 0 aromatic heterocycles. The van der Waals surface area contributed by atoms with Crippen LogP contribution in [0.15, 0.2) is 88.1 Å². The molecule has 0 saturated heterocycles. The van der Waals surface area contributed by atoms with E-state index in [4.69, 9.17) is 9.47 Å². The predicted molar refractivity (Wildman–Crippen MR) is 109 cm³/mol. The normalized spacial score (nSPS) is 15.2. The molecule has 142 valence electrons. The van der Waals surface area contributed by atoms with Crippen LogP contribution in [-0.2, 0) is 13.2 Å². The Morgan fingerprint density at radius 2 is 1.48 bits per heavy atom. The van der Waals surface area contributed by atoms with Crippen molar-refractivity contribution >= 4 is 17.2 Å². The summed E-state index contributed by atoms with van der Waals surface area (Å²) in [7, 11) is 0. The molecule has 1 heterocycles. The number of hydrogen-bond donors (Lipinski definition) is 1. The van der Waals surface area contributed by atoms with Gasteiger partial charge in [0, 0.05) is 0 Å². The average Bonchev–Trinajstić information content (AvgIpc) is 2.77. The Hall–Kier alpha value is -4.18. The monoisotopic (exact) mass is 383 g/mol. The number of nitriles is 1. The van der Waals surface area contributed by atoms with Gasteiger partial charge in [0.2, 0.25) is 0 Å². The third-order valence-corrected chi connectivity index (χ3v) is 4.17. The van der Waals surface area contributed by atoms with Crippen LogP contribution in [0.2, 0.25) is 0 Å². The highest BCUT2D eigenvalue weighted by Crippen LogP contribution is 2.29. The molecular formula is C22H17N5O2. The van der Waals surface area contributed by atoms with Crippen LogP contribution in [0.5, 0.6) is 11.5 Å². The summed E-state index contributed by atoms with van der Waals surface area (Å²) >= 11 is 0. The second-order valence-electron chi connectivity index (χ2n) is 6.22. The fourth-order valence-corrected chi connectivity index (χ4v) is 2.76. The van der Waals surface area contributed by atoms with E-state index >= 15 is 0 Å². The molecule has 0 saturated carbocycles. The first kappa shape index (κ1) is 18.2. The molecule has 7 heteroatoms. The number of amidine groups is 1. The highest BCUT2D eigenvalue weighted by molar-refractivity contribution is 5.97. The van der Waals surface area contributed by atoms with Crippen molar-refractivity contribution in [2.24, 2.45) is 15.3 Å². The van der Waals surface area contributed by atoms with E-state index < -0.39 is 0 Å². The lowest BCUT2D eigenvalue weighted by Crippen LogP contribution is -2.02. The number of hydrogen-bond acceptors (Lipinski definition) is 7. The smallest absolute Gasteiger partial charge is 0.270 e. The van der Waals surface area contributed by atoms with Gasteiger partial charge in [0.15, 0.2) is 0 Å². The van der Waals surface area contributed by atoms with Crippen LogP contribution >= 0.6 is 0 Å². The molecule has 0 unspecified atom stereocenters. The molecule has 1 aliphatic rings. The van der Waals surface area contributed by atoms with E-state index in [1.165, 1.54) is 0 Å². The van der Waals surface area contributed by atoms with E-state index in [0.29, 0.717) is 36.1 Å². The van der Waals surface area contributed by atoms with Gasteiger partial charge < -0.3 is 9.47 Å². The first-order chi connectivity index (χ1) is 14.3. The molecule has 1 aliphatic heterocycles. The zero-order valence-electron chi connectivity index (χ0n) is 15.4. The summed E-state index contributed by atoms with van der Waals surface area (Å²) < 4.78 is 11.9. The molecule has 3 aromatic rings. The Morgan fingerprint density at radius 1 is 0.793 bits per heavy atom. The number of para-hydroxylation sites is 3. The van der Waals surface area contributed by atoms with Crippen LogP contribution in [-0.4, -0.2) is 5.84 Å². The number of ether oxygens (including phenoxy) is 2. The van der Waals surface area contributed by atoms with Gasteiger partial charge in [0.05, 0.1) is 5.69 Å². The summed E-state index contributed by atoms with van der Waals surface area (Å²) in [5.41, 5.74) is 6.00. The van der Waals surface area contributed by atoms with Gasteiger partial charge in [0.1, 0.15) is 36.5 Å². The fourth-order valence-electron chi connectivity index (χ4n) is 2.76. The number of benzene rings is 3. The van der Waals surface area contributed by atoms with Gasteiger partial charge in [-0.15, -0.1) is 15.3 Å². The van der Waals surface area contributed by atoms with Gasteiger partial charge in [-0.05, 0) is 41.5 Å². The van der Waals surface area contributed by atoms with Crippen molar-refractivity contribution in [3.63, 3.8) is 0 Å². The summed E-state index contributed by atoms with van der Waals surface area (Å²) in [5.74, 6) is 1.07. The number of anilines is 1. The molecule has 7 nitrogen and oxygen atoms in total. The minimum Gasteiger partial charge on any atom is -0.487 e. The minimum absolute atomic E-state index is 0.119. The second kappa shape index (κ2) is 8.67. The summed E-state index contributed by atoms with van der Waals surface area (Å²) in [6, 6.07) is 24.5. The Bertz CT molecular complexity index is 1120. The summed E-state index contributed by atoms with van der Waals surface area (Å²) in [4.78, 5) is 0. The van der Waals surface area contributed by atoms with Crippen LogP contribution in [0, 0.1) is 11.3 Å². The van der Waals surface area contributed by atoms with Gasteiger partial charge in [-0.3, -0.25) is 5.43 Å². The lowest BCUT2D eigenvalue weighted by Gasteiger charge is -2.13. The summed E-state index contributed by atoms with van der Waals surface area (Å²) in [6.45, 7) is 0.759. The zero-order valence-corrected chi connectivity index (χ0v) is 15.4. The molecule has 2 bridgehead atoms. The van der Waals surface area contributed by atoms with E-state index in [-0.39, 0.29) is 5.84 Å². The standard InChI is InChI=1S/C22H17N5O2/c23-13-22-26-24-18-8-1-3-10-20(18)28-14-16-6-5-7-17(12-16)15-29-21-11-4-2-9-19(21)25-27-22/h1-12,24H,14-15H2/b26-22-,27-25?.